The van der Waals surface area contributed by atoms with Gasteiger partial charge in [-0.15, -0.1) is 0 Å². The molecule has 2 rings (SSSR count). The van der Waals surface area contributed by atoms with E-state index < -0.39 is 28.8 Å². The summed E-state index contributed by atoms with van der Waals surface area (Å²) in [4.78, 5) is 12.1. The van der Waals surface area contributed by atoms with Crippen LogP contribution >= 0.6 is 0 Å². The fourth-order valence-corrected chi connectivity index (χ4v) is 1.82. The zero-order valence-electron chi connectivity index (χ0n) is 10.8. The van der Waals surface area contributed by atoms with Crippen molar-refractivity contribution in [2.24, 2.45) is 0 Å². The smallest absolute Gasteiger partial charge is 0.201 e. The molecule has 5 heteroatoms. The first-order chi connectivity index (χ1) is 9.43. The molecule has 2 aromatic rings. The normalized spacial score (nSPS) is 10.4. The lowest BCUT2D eigenvalue weighted by Gasteiger charge is -2.08. The molecule has 2 aromatic carbocycles. The number of rotatable bonds is 3. The van der Waals surface area contributed by atoms with Gasteiger partial charge in [0, 0.05) is 12.1 Å². The molecule has 0 aliphatic rings. The molecule has 0 unspecified atom stereocenters. The van der Waals surface area contributed by atoms with Crippen molar-refractivity contribution in [1.29, 1.82) is 0 Å². The highest BCUT2D eigenvalue weighted by Gasteiger charge is 2.22. The van der Waals surface area contributed by atoms with Gasteiger partial charge in [-0.1, -0.05) is 6.07 Å². The Hall–Kier alpha value is -2.30. The predicted octanol–water partition coefficient (Wildman–Crippen LogP) is 3.65. The Morgan fingerprint density at radius 3 is 2.10 bits per heavy atom. The average Bonchev–Trinajstić information content (AvgIpc) is 2.37. The van der Waals surface area contributed by atoms with Crippen molar-refractivity contribution in [2.45, 2.75) is 6.92 Å². The molecule has 0 aliphatic carbocycles. The van der Waals surface area contributed by atoms with Crippen molar-refractivity contribution in [3.05, 3.63) is 64.5 Å². The molecule has 0 saturated carbocycles. The summed E-state index contributed by atoms with van der Waals surface area (Å²) in [6, 6.07) is 5.59. The first-order valence-corrected chi connectivity index (χ1v) is 5.78. The zero-order chi connectivity index (χ0) is 14.9. The molecule has 0 saturated heterocycles. The van der Waals surface area contributed by atoms with Gasteiger partial charge in [0.1, 0.15) is 23.2 Å². The van der Waals surface area contributed by atoms with E-state index in [1.807, 2.05) is 0 Å². The molecule has 20 heavy (non-hydrogen) atoms. The van der Waals surface area contributed by atoms with Gasteiger partial charge in [0.15, 0.2) is 0 Å². The van der Waals surface area contributed by atoms with Gasteiger partial charge in [-0.3, -0.25) is 4.79 Å². The molecule has 0 atom stereocenters. The standard InChI is InChI=1S/C15H11F3O2/c1-8-3-4-10(11(16)5-8)15(19)14-12(17)6-9(20-2)7-13(14)18/h3-7H,1-2H3. The maximum atomic E-state index is 13.8. The molecule has 104 valence electrons. The van der Waals surface area contributed by atoms with Gasteiger partial charge in [0.05, 0.1) is 18.2 Å². The van der Waals surface area contributed by atoms with Crippen LogP contribution in [0.3, 0.4) is 0 Å². The number of benzene rings is 2. The fraction of sp³-hybridized carbons (Fsp3) is 0.133. The van der Waals surface area contributed by atoms with Gasteiger partial charge < -0.3 is 4.74 Å². The van der Waals surface area contributed by atoms with E-state index in [1.165, 1.54) is 19.2 Å². The third kappa shape index (κ3) is 2.52. The van der Waals surface area contributed by atoms with Crippen molar-refractivity contribution < 1.29 is 22.7 Å². The monoisotopic (exact) mass is 280 g/mol. The highest BCUT2D eigenvalue weighted by Crippen LogP contribution is 2.24. The van der Waals surface area contributed by atoms with Crippen LogP contribution in [0.4, 0.5) is 13.2 Å². The van der Waals surface area contributed by atoms with Crippen LogP contribution in [0.5, 0.6) is 5.75 Å². The third-order valence-corrected chi connectivity index (χ3v) is 2.85. The second kappa shape index (κ2) is 5.36. The van der Waals surface area contributed by atoms with Gasteiger partial charge in [0.25, 0.3) is 0 Å². The third-order valence-electron chi connectivity index (χ3n) is 2.85. The van der Waals surface area contributed by atoms with Crippen LogP contribution in [0.1, 0.15) is 21.5 Å². The Kier molecular flexibility index (Phi) is 3.79. The van der Waals surface area contributed by atoms with Crippen LogP contribution in [-0.4, -0.2) is 12.9 Å². The molecule has 0 N–H and O–H groups in total. The number of hydrogen-bond acceptors (Lipinski definition) is 2. The summed E-state index contributed by atoms with van der Waals surface area (Å²) < 4.78 is 46.0. The highest BCUT2D eigenvalue weighted by atomic mass is 19.1. The van der Waals surface area contributed by atoms with Crippen LogP contribution in [-0.2, 0) is 0 Å². The van der Waals surface area contributed by atoms with Crippen molar-refractivity contribution in [1.82, 2.24) is 0 Å². The van der Waals surface area contributed by atoms with Crippen molar-refractivity contribution in [2.75, 3.05) is 7.11 Å². The minimum absolute atomic E-state index is 0.0547. The van der Waals surface area contributed by atoms with E-state index in [2.05, 4.69) is 0 Å². The maximum absolute atomic E-state index is 13.8. The summed E-state index contributed by atoms with van der Waals surface area (Å²) in [5.41, 5.74) is -0.568. The van der Waals surface area contributed by atoms with Crippen LogP contribution in [0.25, 0.3) is 0 Å². The number of carbonyl (C=O) groups excluding carboxylic acids is 1. The lowest BCUT2D eigenvalue weighted by Crippen LogP contribution is -2.10. The lowest BCUT2D eigenvalue weighted by molar-refractivity contribution is 0.102. The van der Waals surface area contributed by atoms with E-state index in [4.69, 9.17) is 4.74 Å². The van der Waals surface area contributed by atoms with Gasteiger partial charge in [-0.25, -0.2) is 13.2 Å². The lowest BCUT2D eigenvalue weighted by atomic mass is 10.0. The predicted molar refractivity (Wildman–Crippen MR) is 67.5 cm³/mol. The maximum Gasteiger partial charge on any atom is 0.201 e. The summed E-state index contributed by atoms with van der Waals surface area (Å²) in [5.74, 6) is -4.09. The molecule has 0 bridgehead atoms. The summed E-state index contributed by atoms with van der Waals surface area (Å²) in [6.45, 7) is 1.64. The molecular weight excluding hydrogens is 269 g/mol. The SMILES string of the molecule is COc1cc(F)c(C(=O)c2ccc(C)cc2F)c(F)c1. The Bertz CT molecular complexity index is 658. The van der Waals surface area contributed by atoms with Gasteiger partial charge in [-0.05, 0) is 24.6 Å². The Labute approximate surface area is 113 Å². The van der Waals surface area contributed by atoms with Gasteiger partial charge in [0.2, 0.25) is 5.78 Å². The molecule has 0 radical (unpaired) electrons. The molecule has 0 aliphatic heterocycles. The van der Waals surface area contributed by atoms with Crippen molar-refractivity contribution in [3.63, 3.8) is 0 Å². The number of methoxy groups -OCH3 is 1. The van der Waals surface area contributed by atoms with E-state index >= 15 is 0 Å². The molecule has 0 spiro atoms. The second-order valence-electron chi connectivity index (χ2n) is 4.28. The first kappa shape index (κ1) is 14.1. The van der Waals surface area contributed by atoms with E-state index in [0.29, 0.717) is 5.56 Å². The molecule has 2 nitrogen and oxygen atoms in total. The molecule has 0 aromatic heterocycles. The Balaban J connectivity index is 2.54. The number of halogens is 3. The van der Waals surface area contributed by atoms with Gasteiger partial charge >= 0.3 is 0 Å². The molecule has 0 heterocycles. The second-order valence-corrected chi connectivity index (χ2v) is 4.28. The zero-order valence-corrected chi connectivity index (χ0v) is 10.8. The summed E-state index contributed by atoms with van der Waals surface area (Å²) in [5, 5.41) is 0. The van der Waals surface area contributed by atoms with Crippen LogP contribution < -0.4 is 4.74 Å². The van der Waals surface area contributed by atoms with Crippen LogP contribution in [0, 0.1) is 24.4 Å². The Morgan fingerprint density at radius 1 is 1.00 bits per heavy atom. The van der Waals surface area contributed by atoms with Gasteiger partial charge in [-0.2, -0.15) is 0 Å². The summed E-state index contributed by atoms with van der Waals surface area (Å²) in [6.07, 6.45) is 0. The van der Waals surface area contributed by atoms with E-state index in [0.717, 1.165) is 18.2 Å². The van der Waals surface area contributed by atoms with E-state index in [9.17, 15) is 18.0 Å². The number of ketones is 1. The first-order valence-electron chi connectivity index (χ1n) is 5.78. The van der Waals surface area contributed by atoms with Crippen LogP contribution in [0.15, 0.2) is 30.3 Å². The number of aryl methyl sites for hydroxylation is 1. The Morgan fingerprint density at radius 2 is 1.60 bits per heavy atom. The number of hydrogen-bond donors (Lipinski definition) is 0. The quantitative estimate of drug-likeness (QED) is 0.802. The van der Waals surface area contributed by atoms with Crippen molar-refractivity contribution >= 4 is 5.78 Å². The van der Waals surface area contributed by atoms with Crippen molar-refractivity contribution in [3.8, 4) is 5.75 Å². The molecule has 0 amide bonds. The number of carbonyl (C=O) groups is 1. The molecular formula is C15H11F3O2. The topological polar surface area (TPSA) is 26.3 Å². The average molecular weight is 280 g/mol. The minimum atomic E-state index is -1.09. The minimum Gasteiger partial charge on any atom is -0.497 e. The molecule has 0 fully saturated rings. The summed E-state index contributed by atoms with van der Waals surface area (Å²) >= 11 is 0. The largest absolute Gasteiger partial charge is 0.497 e. The van der Waals surface area contributed by atoms with E-state index in [1.54, 1.807) is 6.92 Å². The van der Waals surface area contributed by atoms with E-state index in [-0.39, 0.29) is 11.3 Å². The van der Waals surface area contributed by atoms with Crippen LogP contribution in [0.2, 0.25) is 0 Å². The fourth-order valence-electron chi connectivity index (χ4n) is 1.82. The highest BCUT2D eigenvalue weighted by molar-refractivity contribution is 6.09. The summed E-state index contributed by atoms with van der Waals surface area (Å²) in [7, 11) is 1.25. The number of ether oxygens (including phenoxy) is 1.